The number of hydrogen-bond donors (Lipinski definition) is 1. The minimum atomic E-state index is -0.319. The Morgan fingerprint density at radius 2 is 1.81 bits per heavy atom. The number of anilines is 1. The quantitative estimate of drug-likeness (QED) is 0.472. The predicted octanol–water partition coefficient (Wildman–Crippen LogP) is 5.52. The van der Waals surface area contributed by atoms with E-state index in [1.54, 1.807) is 18.2 Å². The molecule has 3 aromatic rings. The lowest BCUT2D eigenvalue weighted by molar-refractivity contribution is -0.111. The summed E-state index contributed by atoms with van der Waals surface area (Å²) in [5, 5.41) is 8.47. The van der Waals surface area contributed by atoms with Gasteiger partial charge in [0.1, 0.15) is 11.5 Å². The van der Waals surface area contributed by atoms with Crippen molar-refractivity contribution >= 4 is 40.9 Å². The SMILES string of the molecule is COc1cc(NC(=O)/C=C/c2c(C)nn(Cc3ccccc3Cl)c2C)c(OC)cc1Cl. The largest absolute Gasteiger partial charge is 0.495 e. The van der Waals surface area contributed by atoms with Crippen molar-refractivity contribution < 1.29 is 14.3 Å². The highest BCUT2D eigenvalue weighted by molar-refractivity contribution is 6.32. The molecule has 8 heteroatoms. The van der Waals surface area contributed by atoms with Crippen LogP contribution in [0.25, 0.3) is 6.08 Å². The summed E-state index contributed by atoms with van der Waals surface area (Å²) in [6.07, 6.45) is 3.20. The zero-order valence-electron chi connectivity index (χ0n) is 17.7. The lowest BCUT2D eigenvalue weighted by Gasteiger charge is -2.12. The molecule has 1 amide bonds. The number of aromatic nitrogens is 2. The van der Waals surface area contributed by atoms with Gasteiger partial charge in [-0.15, -0.1) is 0 Å². The summed E-state index contributed by atoms with van der Waals surface area (Å²) in [6.45, 7) is 4.41. The lowest BCUT2D eigenvalue weighted by atomic mass is 10.1. The summed E-state index contributed by atoms with van der Waals surface area (Å²) >= 11 is 12.4. The van der Waals surface area contributed by atoms with E-state index < -0.39 is 0 Å². The summed E-state index contributed by atoms with van der Waals surface area (Å²) in [7, 11) is 3.01. The van der Waals surface area contributed by atoms with Gasteiger partial charge in [0.2, 0.25) is 5.91 Å². The monoisotopic (exact) mass is 459 g/mol. The number of benzene rings is 2. The minimum absolute atomic E-state index is 0.319. The number of hydrogen-bond acceptors (Lipinski definition) is 4. The maximum absolute atomic E-state index is 12.5. The molecule has 0 fully saturated rings. The molecule has 162 valence electrons. The van der Waals surface area contributed by atoms with Gasteiger partial charge in [-0.2, -0.15) is 5.10 Å². The van der Waals surface area contributed by atoms with Crippen LogP contribution in [0.3, 0.4) is 0 Å². The van der Waals surface area contributed by atoms with Gasteiger partial charge in [-0.3, -0.25) is 9.48 Å². The van der Waals surface area contributed by atoms with E-state index in [1.165, 1.54) is 20.3 Å². The molecule has 0 aliphatic heterocycles. The Morgan fingerprint density at radius 1 is 1.10 bits per heavy atom. The number of halogens is 2. The predicted molar refractivity (Wildman–Crippen MR) is 124 cm³/mol. The summed E-state index contributed by atoms with van der Waals surface area (Å²) < 4.78 is 12.4. The van der Waals surface area contributed by atoms with Gasteiger partial charge in [-0.1, -0.05) is 41.4 Å². The van der Waals surface area contributed by atoms with Crippen molar-refractivity contribution in [2.45, 2.75) is 20.4 Å². The normalized spacial score (nSPS) is 11.0. The standard InChI is InChI=1S/C23H23Cl2N3O3/c1-14-17(15(2)28(27-14)13-16-7-5-6-8-18(16)24)9-10-23(29)26-20-12-21(30-3)19(25)11-22(20)31-4/h5-12H,13H2,1-4H3,(H,26,29)/b10-9+. The zero-order valence-corrected chi connectivity index (χ0v) is 19.2. The van der Waals surface area contributed by atoms with Crippen LogP contribution in [0.15, 0.2) is 42.5 Å². The number of ether oxygens (including phenoxy) is 2. The third kappa shape index (κ3) is 5.21. The van der Waals surface area contributed by atoms with Crippen LogP contribution in [-0.2, 0) is 11.3 Å². The fraction of sp³-hybridized carbons (Fsp3) is 0.217. The van der Waals surface area contributed by atoms with Crippen LogP contribution in [0.5, 0.6) is 11.5 Å². The molecule has 0 saturated carbocycles. The first-order valence-corrected chi connectivity index (χ1v) is 10.3. The van der Waals surface area contributed by atoms with Gasteiger partial charge >= 0.3 is 0 Å². The fourth-order valence-electron chi connectivity index (χ4n) is 3.19. The van der Waals surface area contributed by atoms with E-state index >= 15 is 0 Å². The maximum atomic E-state index is 12.5. The second kappa shape index (κ2) is 9.90. The first-order valence-electron chi connectivity index (χ1n) is 9.52. The third-order valence-corrected chi connectivity index (χ3v) is 5.51. The first kappa shape index (κ1) is 22.7. The highest BCUT2D eigenvalue weighted by Crippen LogP contribution is 2.35. The average Bonchev–Trinajstić information content (AvgIpc) is 3.01. The second-order valence-electron chi connectivity index (χ2n) is 6.84. The summed E-state index contributed by atoms with van der Waals surface area (Å²) in [4.78, 5) is 12.5. The molecule has 1 N–H and O–H groups in total. The van der Waals surface area contributed by atoms with Crippen LogP contribution in [0, 0.1) is 13.8 Å². The summed E-state index contributed by atoms with van der Waals surface area (Å²) in [5.41, 5.74) is 4.07. The van der Waals surface area contributed by atoms with Crippen molar-refractivity contribution in [2.75, 3.05) is 19.5 Å². The molecule has 0 spiro atoms. The lowest BCUT2D eigenvalue weighted by Crippen LogP contribution is -2.09. The number of methoxy groups -OCH3 is 2. The molecule has 0 bridgehead atoms. The maximum Gasteiger partial charge on any atom is 0.248 e. The van der Waals surface area contributed by atoms with Crippen molar-refractivity contribution in [3.05, 3.63) is 75.0 Å². The van der Waals surface area contributed by atoms with Crippen LogP contribution >= 0.6 is 23.2 Å². The van der Waals surface area contributed by atoms with Gasteiger partial charge in [0.25, 0.3) is 0 Å². The van der Waals surface area contributed by atoms with Crippen molar-refractivity contribution in [1.29, 1.82) is 0 Å². The van der Waals surface area contributed by atoms with E-state index in [2.05, 4.69) is 10.4 Å². The molecule has 1 heterocycles. The Kier molecular flexibility index (Phi) is 7.25. The highest BCUT2D eigenvalue weighted by Gasteiger charge is 2.13. The van der Waals surface area contributed by atoms with Crippen molar-refractivity contribution in [1.82, 2.24) is 9.78 Å². The third-order valence-electron chi connectivity index (χ3n) is 4.85. The molecular weight excluding hydrogens is 437 g/mol. The summed E-state index contributed by atoms with van der Waals surface area (Å²) in [6, 6.07) is 10.9. The Balaban J connectivity index is 1.79. The number of carbonyl (C=O) groups is 1. The molecule has 6 nitrogen and oxygen atoms in total. The van der Waals surface area contributed by atoms with Crippen molar-refractivity contribution in [2.24, 2.45) is 0 Å². The number of nitrogens with one attached hydrogen (secondary N) is 1. The number of aryl methyl sites for hydroxylation is 1. The zero-order chi connectivity index (χ0) is 22.5. The molecule has 0 radical (unpaired) electrons. The van der Waals surface area contributed by atoms with Crippen LogP contribution in [-0.4, -0.2) is 29.9 Å². The number of rotatable bonds is 7. The van der Waals surface area contributed by atoms with E-state index in [0.717, 1.165) is 22.5 Å². The van der Waals surface area contributed by atoms with Gasteiger partial charge in [0, 0.05) is 34.5 Å². The van der Waals surface area contributed by atoms with E-state index in [-0.39, 0.29) is 5.91 Å². The highest BCUT2D eigenvalue weighted by atomic mass is 35.5. The molecular formula is C23H23Cl2N3O3. The smallest absolute Gasteiger partial charge is 0.248 e. The Labute approximate surface area is 191 Å². The van der Waals surface area contributed by atoms with Crippen LogP contribution in [0.2, 0.25) is 10.0 Å². The van der Waals surface area contributed by atoms with Crippen LogP contribution in [0.1, 0.15) is 22.5 Å². The number of carbonyl (C=O) groups excluding carboxylic acids is 1. The second-order valence-corrected chi connectivity index (χ2v) is 7.66. The Bertz CT molecular complexity index is 1140. The van der Waals surface area contributed by atoms with Gasteiger partial charge in [0.15, 0.2) is 0 Å². The molecule has 0 aliphatic carbocycles. The van der Waals surface area contributed by atoms with Gasteiger partial charge in [-0.05, 0) is 31.6 Å². The molecule has 1 aromatic heterocycles. The summed E-state index contributed by atoms with van der Waals surface area (Å²) in [5.74, 6) is 0.557. The molecule has 2 aromatic carbocycles. The minimum Gasteiger partial charge on any atom is -0.495 e. The van der Waals surface area contributed by atoms with E-state index in [4.69, 9.17) is 32.7 Å². The van der Waals surface area contributed by atoms with E-state index in [0.29, 0.717) is 33.8 Å². The van der Waals surface area contributed by atoms with E-state index in [1.807, 2.05) is 42.8 Å². The van der Waals surface area contributed by atoms with Gasteiger partial charge < -0.3 is 14.8 Å². The molecule has 0 unspecified atom stereocenters. The van der Waals surface area contributed by atoms with Gasteiger partial charge in [-0.25, -0.2) is 0 Å². The molecule has 0 aliphatic rings. The molecule has 0 saturated heterocycles. The molecule has 3 rings (SSSR count). The number of nitrogens with zero attached hydrogens (tertiary/aromatic N) is 2. The van der Waals surface area contributed by atoms with Crippen molar-refractivity contribution in [3.63, 3.8) is 0 Å². The van der Waals surface area contributed by atoms with Crippen LogP contribution in [0.4, 0.5) is 5.69 Å². The van der Waals surface area contributed by atoms with Crippen LogP contribution < -0.4 is 14.8 Å². The van der Waals surface area contributed by atoms with Gasteiger partial charge in [0.05, 0.1) is 37.2 Å². The Morgan fingerprint density at radius 3 is 2.48 bits per heavy atom. The fourth-order valence-corrected chi connectivity index (χ4v) is 3.61. The molecule has 0 atom stereocenters. The Hall–Kier alpha value is -2.96. The average molecular weight is 460 g/mol. The molecule has 31 heavy (non-hydrogen) atoms. The van der Waals surface area contributed by atoms with E-state index in [9.17, 15) is 4.79 Å². The topological polar surface area (TPSA) is 65.4 Å². The first-order chi connectivity index (χ1) is 14.8. The number of amides is 1. The van der Waals surface area contributed by atoms with Crippen molar-refractivity contribution in [3.8, 4) is 11.5 Å².